The van der Waals surface area contributed by atoms with Crippen molar-refractivity contribution in [3.8, 4) is 5.75 Å². The van der Waals surface area contributed by atoms with Gasteiger partial charge >= 0.3 is 6.18 Å². The van der Waals surface area contributed by atoms with Crippen LogP contribution in [-0.4, -0.2) is 13.3 Å². The third kappa shape index (κ3) is 6.96. The highest BCUT2D eigenvalue weighted by molar-refractivity contribution is 6.74. The van der Waals surface area contributed by atoms with Gasteiger partial charge < -0.3 is 13.6 Å². The van der Waals surface area contributed by atoms with Crippen LogP contribution in [0.25, 0.3) is 0 Å². The number of aryl methyl sites for hydroxylation is 1. The largest absolute Gasteiger partial charge is 0.489 e. The molecule has 0 radical (unpaired) electrons. The number of nitrogens with zero attached hydrogens (tertiary/aromatic N) is 1. The number of hydrogen-bond acceptors (Lipinski definition) is 4. The molecule has 0 spiro atoms. The zero-order chi connectivity index (χ0) is 25.0. The van der Waals surface area contributed by atoms with Gasteiger partial charge in [-0.15, -0.1) is 0 Å². The molecule has 3 aromatic rings. The van der Waals surface area contributed by atoms with Gasteiger partial charge in [0.25, 0.3) is 0 Å². The van der Waals surface area contributed by atoms with Gasteiger partial charge in [0.1, 0.15) is 18.5 Å². The SMILES string of the molecule is CC(C)(C)[Si](C)(C)OC(CCc1ccc(COc2ccccc2)cc1)c1ncc(C(F)(F)F)o1. The standard InChI is InChI=1S/C26H32F3NO3Si/c1-25(2,3)34(4,5)33-22(24-30-17-23(32-24)26(27,28)29)16-15-19-11-13-20(14-12-19)18-31-21-9-7-6-8-10-21/h6-14,17,22H,15-16,18H2,1-5H3. The average molecular weight is 492 g/mol. The molecule has 1 aromatic heterocycles. The molecule has 1 atom stereocenters. The summed E-state index contributed by atoms with van der Waals surface area (Å²) in [5, 5.41) is -0.106. The summed E-state index contributed by atoms with van der Waals surface area (Å²) in [6.45, 7) is 10.8. The summed E-state index contributed by atoms with van der Waals surface area (Å²) < 4.78 is 56.5. The number of oxazole rings is 1. The van der Waals surface area contributed by atoms with Crippen LogP contribution in [0.5, 0.6) is 5.75 Å². The number of benzene rings is 2. The van der Waals surface area contributed by atoms with Gasteiger partial charge in [0.05, 0.1) is 6.20 Å². The van der Waals surface area contributed by atoms with Crippen molar-refractivity contribution >= 4 is 8.32 Å². The van der Waals surface area contributed by atoms with Crippen molar-refractivity contribution in [3.63, 3.8) is 0 Å². The zero-order valence-corrected chi connectivity index (χ0v) is 21.3. The first-order chi connectivity index (χ1) is 15.8. The molecule has 0 saturated heterocycles. The van der Waals surface area contributed by atoms with Crippen molar-refractivity contribution in [1.82, 2.24) is 4.98 Å². The van der Waals surface area contributed by atoms with Crippen molar-refractivity contribution in [3.05, 3.63) is 83.6 Å². The van der Waals surface area contributed by atoms with E-state index in [4.69, 9.17) is 13.6 Å². The molecular formula is C26H32F3NO3Si. The number of hydrogen-bond donors (Lipinski definition) is 0. The van der Waals surface area contributed by atoms with Gasteiger partial charge in [0.15, 0.2) is 8.32 Å². The molecule has 184 valence electrons. The molecule has 0 aliphatic carbocycles. The summed E-state index contributed by atoms with van der Waals surface area (Å²) in [5.74, 6) is -0.319. The lowest BCUT2D eigenvalue weighted by Crippen LogP contribution is -2.42. The Balaban J connectivity index is 1.69. The third-order valence-corrected chi connectivity index (χ3v) is 10.7. The van der Waals surface area contributed by atoms with E-state index >= 15 is 0 Å². The Morgan fingerprint density at radius 3 is 2.12 bits per heavy atom. The zero-order valence-electron chi connectivity index (χ0n) is 20.3. The molecule has 3 rings (SSSR count). The molecule has 8 heteroatoms. The molecule has 0 fully saturated rings. The summed E-state index contributed by atoms with van der Waals surface area (Å²) >= 11 is 0. The van der Waals surface area contributed by atoms with E-state index in [0.29, 0.717) is 19.4 Å². The van der Waals surface area contributed by atoms with Gasteiger partial charge in [-0.2, -0.15) is 13.2 Å². The highest BCUT2D eigenvalue weighted by Gasteiger charge is 2.41. The van der Waals surface area contributed by atoms with E-state index in [9.17, 15) is 13.2 Å². The topological polar surface area (TPSA) is 44.5 Å². The molecule has 1 unspecified atom stereocenters. The maximum Gasteiger partial charge on any atom is 0.451 e. The number of ether oxygens (including phenoxy) is 1. The molecule has 0 amide bonds. The van der Waals surface area contributed by atoms with Gasteiger partial charge in [0, 0.05) is 0 Å². The first kappa shape index (κ1) is 26.0. The van der Waals surface area contributed by atoms with E-state index in [2.05, 4.69) is 38.8 Å². The highest BCUT2D eigenvalue weighted by atomic mass is 28.4. The molecule has 0 bridgehead atoms. The quantitative estimate of drug-likeness (QED) is 0.285. The van der Waals surface area contributed by atoms with Crippen LogP contribution in [0, 0.1) is 0 Å². The van der Waals surface area contributed by atoms with E-state index in [0.717, 1.165) is 23.1 Å². The fourth-order valence-corrected chi connectivity index (χ4v) is 4.40. The number of aromatic nitrogens is 1. The molecule has 4 nitrogen and oxygen atoms in total. The van der Waals surface area contributed by atoms with Gasteiger partial charge in [-0.3, -0.25) is 0 Å². The smallest absolute Gasteiger partial charge is 0.451 e. The first-order valence-electron chi connectivity index (χ1n) is 11.3. The van der Waals surface area contributed by atoms with Crippen molar-refractivity contribution in [2.45, 2.75) is 70.6 Å². The van der Waals surface area contributed by atoms with Gasteiger partial charge in [-0.25, -0.2) is 4.98 Å². The minimum atomic E-state index is -4.58. The Morgan fingerprint density at radius 2 is 1.56 bits per heavy atom. The lowest BCUT2D eigenvalue weighted by Gasteiger charge is -2.38. The molecule has 0 aliphatic heterocycles. The maximum atomic E-state index is 13.1. The van der Waals surface area contributed by atoms with E-state index in [1.807, 2.05) is 54.6 Å². The Bertz CT molecular complexity index is 1040. The highest BCUT2D eigenvalue weighted by Crippen LogP contribution is 2.41. The summed E-state index contributed by atoms with van der Waals surface area (Å²) in [4.78, 5) is 3.92. The number of rotatable bonds is 9. The predicted molar refractivity (Wildman–Crippen MR) is 128 cm³/mol. The van der Waals surface area contributed by atoms with Crippen LogP contribution in [-0.2, 0) is 23.6 Å². The monoisotopic (exact) mass is 491 g/mol. The lowest BCUT2D eigenvalue weighted by molar-refractivity contribution is -0.153. The van der Waals surface area contributed by atoms with E-state index in [1.54, 1.807) is 0 Å². The second-order valence-electron chi connectivity index (χ2n) is 9.88. The van der Waals surface area contributed by atoms with Crippen LogP contribution < -0.4 is 4.74 Å². The Morgan fingerprint density at radius 1 is 0.941 bits per heavy atom. The van der Waals surface area contributed by atoms with Crippen LogP contribution in [0.1, 0.15) is 56.1 Å². The summed E-state index contributed by atoms with van der Waals surface area (Å²) in [5.41, 5.74) is 2.08. The van der Waals surface area contributed by atoms with Crippen molar-refractivity contribution in [1.29, 1.82) is 0 Å². The van der Waals surface area contributed by atoms with Crippen LogP contribution in [0.15, 0.2) is 65.2 Å². The van der Waals surface area contributed by atoms with Crippen LogP contribution >= 0.6 is 0 Å². The lowest BCUT2D eigenvalue weighted by atomic mass is 10.1. The van der Waals surface area contributed by atoms with E-state index < -0.39 is 26.4 Å². The van der Waals surface area contributed by atoms with Gasteiger partial charge in [0.2, 0.25) is 11.7 Å². The van der Waals surface area contributed by atoms with Crippen molar-refractivity contribution in [2.75, 3.05) is 0 Å². The van der Waals surface area contributed by atoms with Crippen molar-refractivity contribution in [2.24, 2.45) is 0 Å². The molecule has 0 aliphatic rings. The van der Waals surface area contributed by atoms with Crippen LogP contribution in [0.3, 0.4) is 0 Å². The Kier molecular flexibility index (Phi) is 7.93. The molecule has 0 saturated carbocycles. The molecule has 2 aromatic carbocycles. The minimum absolute atomic E-state index is 0.0231. The average Bonchev–Trinajstić information content (AvgIpc) is 3.27. The van der Waals surface area contributed by atoms with Gasteiger partial charge in [-0.1, -0.05) is 63.2 Å². The molecule has 34 heavy (non-hydrogen) atoms. The predicted octanol–water partition coefficient (Wildman–Crippen LogP) is 7.97. The Hall–Kier alpha value is -2.58. The Labute approximate surface area is 200 Å². The maximum absolute atomic E-state index is 13.1. The number of alkyl halides is 3. The molecule has 1 heterocycles. The summed E-state index contributed by atoms with van der Waals surface area (Å²) in [7, 11) is -2.28. The third-order valence-electron chi connectivity index (χ3n) is 6.19. The fourth-order valence-electron chi connectivity index (χ4n) is 3.12. The number of halogens is 3. The number of para-hydroxylation sites is 1. The van der Waals surface area contributed by atoms with Crippen molar-refractivity contribution < 1.29 is 26.8 Å². The first-order valence-corrected chi connectivity index (χ1v) is 14.2. The van der Waals surface area contributed by atoms with Crippen LogP contribution in [0.2, 0.25) is 18.1 Å². The molecule has 0 N–H and O–H groups in total. The second-order valence-corrected chi connectivity index (χ2v) is 14.6. The fraction of sp³-hybridized carbons (Fsp3) is 0.423. The molecular weight excluding hydrogens is 459 g/mol. The minimum Gasteiger partial charge on any atom is -0.489 e. The van der Waals surface area contributed by atoms with E-state index in [1.165, 1.54) is 0 Å². The normalized spacial score (nSPS) is 13.6. The summed E-state index contributed by atoms with van der Waals surface area (Å²) in [6, 6.07) is 17.6. The summed E-state index contributed by atoms with van der Waals surface area (Å²) in [6.07, 6.45) is -3.42. The second kappa shape index (κ2) is 10.4. The van der Waals surface area contributed by atoms with E-state index in [-0.39, 0.29) is 10.9 Å². The van der Waals surface area contributed by atoms with Crippen LogP contribution in [0.4, 0.5) is 13.2 Å². The van der Waals surface area contributed by atoms with Gasteiger partial charge in [-0.05, 0) is 54.2 Å².